The van der Waals surface area contributed by atoms with Crippen LogP contribution in [-0.4, -0.2) is 29.1 Å². The molecule has 0 atom stereocenters. The molecule has 0 radical (unpaired) electrons. The maximum absolute atomic E-state index is 12.7. The Morgan fingerprint density at radius 1 is 1.22 bits per heavy atom. The van der Waals surface area contributed by atoms with E-state index >= 15 is 0 Å². The van der Waals surface area contributed by atoms with Crippen molar-refractivity contribution in [2.45, 2.75) is 40.2 Å². The SMILES string of the molecule is CCc1nc(-c2nnn(C)c2Cn2cc(CC(C)C)n(C)c2=O)ccc1Br. The normalized spacial score (nSPS) is 11.5. The summed E-state index contributed by atoms with van der Waals surface area (Å²) >= 11 is 3.53. The van der Waals surface area contributed by atoms with Crippen LogP contribution in [0.25, 0.3) is 11.4 Å². The fourth-order valence-corrected chi connectivity index (χ4v) is 3.64. The zero-order chi connectivity index (χ0) is 19.7. The third-order valence-electron chi connectivity index (χ3n) is 4.64. The molecule has 0 N–H and O–H groups in total. The van der Waals surface area contributed by atoms with Gasteiger partial charge in [0.1, 0.15) is 5.69 Å². The molecule has 144 valence electrons. The van der Waals surface area contributed by atoms with Crippen LogP contribution in [0.5, 0.6) is 0 Å². The van der Waals surface area contributed by atoms with Crippen LogP contribution in [0.3, 0.4) is 0 Å². The van der Waals surface area contributed by atoms with E-state index in [0.717, 1.165) is 40.1 Å². The number of rotatable bonds is 6. The highest BCUT2D eigenvalue weighted by Gasteiger charge is 2.18. The summed E-state index contributed by atoms with van der Waals surface area (Å²) in [5.41, 5.74) is 4.30. The Bertz CT molecular complexity index is 1010. The minimum absolute atomic E-state index is 0.0317. The summed E-state index contributed by atoms with van der Waals surface area (Å²) in [7, 11) is 3.66. The lowest BCUT2D eigenvalue weighted by atomic mass is 10.1. The third-order valence-corrected chi connectivity index (χ3v) is 5.37. The molecule has 27 heavy (non-hydrogen) atoms. The lowest BCUT2D eigenvalue weighted by Crippen LogP contribution is -2.24. The van der Waals surface area contributed by atoms with E-state index in [2.05, 4.69) is 47.0 Å². The van der Waals surface area contributed by atoms with Crippen molar-refractivity contribution in [3.63, 3.8) is 0 Å². The highest BCUT2D eigenvalue weighted by atomic mass is 79.9. The second-order valence-corrected chi connectivity index (χ2v) is 8.03. The van der Waals surface area contributed by atoms with E-state index in [-0.39, 0.29) is 5.69 Å². The second kappa shape index (κ2) is 7.80. The van der Waals surface area contributed by atoms with E-state index in [9.17, 15) is 4.79 Å². The summed E-state index contributed by atoms with van der Waals surface area (Å²) in [6.07, 6.45) is 3.62. The molecule has 0 aliphatic carbocycles. The van der Waals surface area contributed by atoms with Gasteiger partial charge in [0.25, 0.3) is 0 Å². The van der Waals surface area contributed by atoms with Crippen molar-refractivity contribution in [2.75, 3.05) is 0 Å². The highest BCUT2D eigenvalue weighted by Crippen LogP contribution is 2.24. The number of hydrogen-bond acceptors (Lipinski definition) is 4. The first-order chi connectivity index (χ1) is 12.8. The van der Waals surface area contributed by atoms with Gasteiger partial charge in [-0.25, -0.2) is 14.5 Å². The fraction of sp³-hybridized carbons (Fsp3) is 0.474. The van der Waals surface area contributed by atoms with Gasteiger partial charge in [-0.05, 0) is 46.8 Å². The van der Waals surface area contributed by atoms with E-state index in [1.165, 1.54) is 0 Å². The average molecular weight is 433 g/mol. The van der Waals surface area contributed by atoms with E-state index in [1.54, 1.807) is 13.8 Å². The molecule has 0 fully saturated rings. The highest BCUT2D eigenvalue weighted by molar-refractivity contribution is 9.10. The molecule has 0 amide bonds. The molecule has 0 aromatic carbocycles. The second-order valence-electron chi connectivity index (χ2n) is 7.17. The maximum Gasteiger partial charge on any atom is 0.328 e. The van der Waals surface area contributed by atoms with Gasteiger partial charge in [-0.1, -0.05) is 26.0 Å². The van der Waals surface area contributed by atoms with Crippen molar-refractivity contribution in [2.24, 2.45) is 20.0 Å². The Morgan fingerprint density at radius 2 is 1.96 bits per heavy atom. The van der Waals surface area contributed by atoms with Crippen LogP contribution in [0.15, 0.2) is 27.6 Å². The van der Waals surface area contributed by atoms with E-state index in [4.69, 9.17) is 4.98 Å². The monoisotopic (exact) mass is 432 g/mol. The fourth-order valence-electron chi connectivity index (χ4n) is 3.14. The van der Waals surface area contributed by atoms with Crippen molar-refractivity contribution >= 4 is 15.9 Å². The first kappa shape index (κ1) is 19.5. The number of halogens is 1. The van der Waals surface area contributed by atoms with E-state index < -0.39 is 0 Å². The van der Waals surface area contributed by atoms with Crippen LogP contribution in [0, 0.1) is 5.92 Å². The Hall–Kier alpha value is -2.22. The number of imidazole rings is 1. The van der Waals surface area contributed by atoms with Crippen LogP contribution in [0.1, 0.15) is 37.9 Å². The molecule has 7 nitrogen and oxygen atoms in total. The van der Waals surface area contributed by atoms with Crippen molar-refractivity contribution in [1.82, 2.24) is 29.1 Å². The van der Waals surface area contributed by atoms with Crippen LogP contribution >= 0.6 is 15.9 Å². The lowest BCUT2D eigenvalue weighted by molar-refractivity contribution is 0.610. The van der Waals surface area contributed by atoms with Gasteiger partial charge in [-0.3, -0.25) is 9.13 Å². The number of aryl methyl sites for hydroxylation is 2. The summed E-state index contributed by atoms with van der Waals surface area (Å²) in [4.78, 5) is 17.4. The van der Waals surface area contributed by atoms with Gasteiger partial charge >= 0.3 is 5.69 Å². The zero-order valence-electron chi connectivity index (χ0n) is 16.4. The predicted molar refractivity (Wildman–Crippen MR) is 109 cm³/mol. The van der Waals surface area contributed by atoms with Crippen molar-refractivity contribution in [1.29, 1.82) is 0 Å². The molecule has 3 rings (SSSR count). The predicted octanol–water partition coefficient (Wildman–Crippen LogP) is 2.95. The zero-order valence-corrected chi connectivity index (χ0v) is 18.0. The van der Waals surface area contributed by atoms with Crippen molar-refractivity contribution < 1.29 is 0 Å². The van der Waals surface area contributed by atoms with Crippen molar-refractivity contribution in [3.8, 4) is 11.4 Å². The van der Waals surface area contributed by atoms with Gasteiger partial charge in [-0.2, -0.15) is 0 Å². The molecule has 0 aliphatic heterocycles. The molecule has 3 heterocycles. The smallest absolute Gasteiger partial charge is 0.299 e. The first-order valence-corrected chi connectivity index (χ1v) is 9.90. The van der Waals surface area contributed by atoms with Gasteiger partial charge in [0.2, 0.25) is 0 Å². The molecule has 0 spiro atoms. The molecule has 3 aromatic rings. The van der Waals surface area contributed by atoms with Crippen LogP contribution < -0.4 is 5.69 Å². The number of aromatic nitrogens is 6. The van der Waals surface area contributed by atoms with Gasteiger partial charge in [0.05, 0.1) is 23.6 Å². The summed E-state index contributed by atoms with van der Waals surface area (Å²) in [6, 6.07) is 3.91. The molecular formula is C19H25BrN6O. The summed E-state index contributed by atoms with van der Waals surface area (Å²) in [6.45, 7) is 6.77. The Kier molecular flexibility index (Phi) is 5.64. The molecule has 8 heteroatoms. The minimum Gasteiger partial charge on any atom is -0.299 e. The number of pyridine rings is 1. The van der Waals surface area contributed by atoms with Crippen molar-refractivity contribution in [3.05, 3.63) is 50.4 Å². The number of hydrogen-bond donors (Lipinski definition) is 0. The summed E-state index contributed by atoms with van der Waals surface area (Å²) < 4.78 is 6.14. The molecular weight excluding hydrogens is 408 g/mol. The average Bonchev–Trinajstić information content (AvgIpc) is 3.11. The summed E-state index contributed by atoms with van der Waals surface area (Å²) in [5, 5.41) is 8.47. The Morgan fingerprint density at radius 3 is 2.63 bits per heavy atom. The standard InChI is InChI=1S/C19H25BrN6O/c1-6-15-14(20)7-8-16(21-15)18-17(25(5)23-22-18)11-26-10-13(9-12(2)3)24(4)19(26)27/h7-8,10,12H,6,9,11H2,1-5H3. The van der Waals surface area contributed by atoms with Crippen LogP contribution in [0.2, 0.25) is 0 Å². The molecule has 0 saturated heterocycles. The van der Waals surface area contributed by atoms with Crippen LogP contribution in [-0.2, 0) is 33.5 Å². The van der Waals surface area contributed by atoms with Gasteiger partial charge < -0.3 is 0 Å². The van der Waals surface area contributed by atoms with Gasteiger partial charge in [0.15, 0.2) is 0 Å². The van der Waals surface area contributed by atoms with E-state index in [0.29, 0.717) is 18.2 Å². The van der Waals surface area contributed by atoms with Gasteiger partial charge in [0, 0.05) is 30.5 Å². The summed E-state index contributed by atoms with van der Waals surface area (Å²) in [5.74, 6) is 0.486. The molecule has 0 bridgehead atoms. The molecule has 0 saturated carbocycles. The van der Waals surface area contributed by atoms with Crippen LogP contribution in [0.4, 0.5) is 0 Å². The lowest BCUT2D eigenvalue weighted by Gasteiger charge is -2.07. The Balaban J connectivity index is 2.01. The molecule has 0 aliphatic rings. The minimum atomic E-state index is -0.0317. The van der Waals surface area contributed by atoms with Gasteiger partial charge in [-0.15, -0.1) is 5.10 Å². The first-order valence-electron chi connectivity index (χ1n) is 9.11. The quantitative estimate of drug-likeness (QED) is 0.600. The maximum atomic E-state index is 12.7. The topological polar surface area (TPSA) is 70.5 Å². The largest absolute Gasteiger partial charge is 0.328 e. The third kappa shape index (κ3) is 3.90. The number of nitrogens with zero attached hydrogens (tertiary/aromatic N) is 6. The Labute approximate surface area is 167 Å². The molecule has 0 unspecified atom stereocenters. The molecule has 3 aromatic heterocycles. The van der Waals surface area contributed by atoms with E-state index in [1.807, 2.05) is 32.4 Å².